The number of rotatable bonds is 6. The maximum atomic E-state index is 13.2. The minimum Gasteiger partial charge on any atom is -0.378 e. The van der Waals surface area contributed by atoms with Gasteiger partial charge in [-0.1, -0.05) is 60.7 Å². The van der Waals surface area contributed by atoms with E-state index in [0.29, 0.717) is 26.3 Å². The summed E-state index contributed by atoms with van der Waals surface area (Å²) in [7, 11) is 0. The molecule has 32 heavy (non-hydrogen) atoms. The van der Waals surface area contributed by atoms with Gasteiger partial charge in [0.2, 0.25) is 5.91 Å². The van der Waals surface area contributed by atoms with Crippen molar-refractivity contribution >= 4 is 28.7 Å². The zero-order valence-electron chi connectivity index (χ0n) is 17.8. The molecule has 0 radical (unpaired) electrons. The van der Waals surface area contributed by atoms with Gasteiger partial charge in [-0.25, -0.2) is 4.98 Å². The second kappa shape index (κ2) is 9.59. The van der Waals surface area contributed by atoms with Gasteiger partial charge in [0.1, 0.15) is 12.4 Å². The van der Waals surface area contributed by atoms with Gasteiger partial charge in [-0.2, -0.15) is 0 Å². The maximum Gasteiger partial charge on any atom is 0.242 e. The summed E-state index contributed by atoms with van der Waals surface area (Å²) in [6.45, 7) is 2.75. The van der Waals surface area contributed by atoms with Crippen molar-refractivity contribution in [2.75, 3.05) is 26.3 Å². The Kier molecular flexibility index (Phi) is 6.23. The van der Waals surface area contributed by atoms with Gasteiger partial charge in [-0.3, -0.25) is 4.79 Å². The highest BCUT2D eigenvalue weighted by molar-refractivity contribution is 7.99. The molecule has 1 aromatic heterocycles. The van der Waals surface area contributed by atoms with E-state index in [2.05, 4.69) is 53.1 Å². The highest BCUT2D eigenvalue weighted by Gasteiger charge is 2.26. The molecule has 4 aromatic rings. The summed E-state index contributed by atoms with van der Waals surface area (Å²) in [6, 6.07) is 28.8. The highest BCUT2D eigenvalue weighted by atomic mass is 32.2. The van der Waals surface area contributed by atoms with Crippen LogP contribution in [0.2, 0.25) is 0 Å². The van der Waals surface area contributed by atoms with E-state index in [1.54, 1.807) is 11.8 Å². The van der Waals surface area contributed by atoms with Crippen molar-refractivity contribution in [3.05, 3.63) is 96.3 Å². The van der Waals surface area contributed by atoms with Crippen molar-refractivity contribution in [1.82, 2.24) is 14.5 Å². The lowest BCUT2D eigenvalue weighted by molar-refractivity contribution is -0.135. The molecule has 0 N–H and O–H groups in total. The average Bonchev–Trinajstić information content (AvgIpc) is 3.22. The van der Waals surface area contributed by atoms with E-state index < -0.39 is 0 Å². The number of imidazole rings is 1. The van der Waals surface area contributed by atoms with E-state index in [0.717, 1.165) is 22.4 Å². The molecule has 0 unspecified atom stereocenters. The molecule has 1 amide bonds. The number of nitrogens with zero attached hydrogens (tertiary/aromatic N) is 3. The smallest absolute Gasteiger partial charge is 0.242 e. The van der Waals surface area contributed by atoms with Crippen molar-refractivity contribution < 1.29 is 9.53 Å². The molecule has 3 aromatic carbocycles. The summed E-state index contributed by atoms with van der Waals surface area (Å²) in [4.78, 5) is 21.3. The Morgan fingerprint density at radius 1 is 0.906 bits per heavy atom. The van der Waals surface area contributed by atoms with Crippen LogP contribution >= 0.6 is 11.8 Å². The third-order valence-electron chi connectivity index (χ3n) is 5.68. The van der Waals surface area contributed by atoms with E-state index in [1.165, 1.54) is 4.90 Å². The summed E-state index contributed by atoms with van der Waals surface area (Å²) in [5.41, 5.74) is 3.06. The van der Waals surface area contributed by atoms with Gasteiger partial charge in [-0.15, -0.1) is 11.8 Å². The molecule has 0 aliphatic carbocycles. The summed E-state index contributed by atoms with van der Waals surface area (Å²) in [5, 5.41) is -0.0384. The number of benzene rings is 3. The summed E-state index contributed by atoms with van der Waals surface area (Å²) in [5.74, 6) is 1.00. The van der Waals surface area contributed by atoms with Gasteiger partial charge in [-0.05, 0) is 29.8 Å². The summed E-state index contributed by atoms with van der Waals surface area (Å²) < 4.78 is 7.52. The molecule has 0 spiro atoms. The van der Waals surface area contributed by atoms with Crippen molar-refractivity contribution in [3.63, 3.8) is 0 Å². The number of thioether (sulfide) groups is 1. The normalized spacial score (nSPS) is 15.1. The van der Waals surface area contributed by atoms with Crippen LogP contribution in [0.5, 0.6) is 0 Å². The first-order chi connectivity index (χ1) is 15.8. The van der Waals surface area contributed by atoms with Crippen LogP contribution in [0, 0.1) is 0 Å². The van der Waals surface area contributed by atoms with E-state index in [9.17, 15) is 4.79 Å². The van der Waals surface area contributed by atoms with E-state index in [4.69, 9.17) is 9.72 Å². The molecule has 0 bridgehead atoms. The standard InChI is InChI=1S/C26H25N3O2S/c30-24(28-15-17-31-18-16-28)19-29-23-14-8-7-13-22(23)27-26(29)25(20-9-3-1-4-10-20)32-21-11-5-2-6-12-21/h1-14,25H,15-19H2/t25-/m1/s1. The second-order valence-electron chi connectivity index (χ2n) is 7.76. The predicted molar refractivity (Wildman–Crippen MR) is 128 cm³/mol. The first-order valence-electron chi connectivity index (χ1n) is 10.9. The third-order valence-corrected chi connectivity index (χ3v) is 6.94. The van der Waals surface area contributed by atoms with Crippen LogP contribution in [0.4, 0.5) is 0 Å². The number of amides is 1. The SMILES string of the molecule is O=C(Cn1c([C@H](Sc2ccccc2)c2ccccc2)nc2ccccc21)N1CCOCC1. The Balaban J connectivity index is 1.58. The zero-order valence-corrected chi connectivity index (χ0v) is 18.6. The molecule has 1 aliphatic heterocycles. The Hall–Kier alpha value is -3.09. The lowest BCUT2D eigenvalue weighted by atomic mass is 10.1. The van der Waals surface area contributed by atoms with Gasteiger partial charge >= 0.3 is 0 Å². The summed E-state index contributed by atoms with van der Waals surface area (Å²) >= 11 is 1.76. The van der Waals surface area contributed by atoms with Crippen molar-refractivity contribution in [3.8, 4) is 0 Å². The molecule has 6 heteroatoms. The zero-order chi connectivity index (χ0) is 21.8. The van der Waals surface area contributed by atoms with Gasteiger partial charge in [0, 0.05) is 18.0 Å². The molecule has 5 nitrogen and oxygen atoms in total. The molecule has 1 atom stereocenters. The molecular weight excluding hydrogens is 418 g/mol. The monoisotopic (exact) mass is 443 g/mol. The molecule has 162 valence electrons. The number of hydrogen-bond acceptors (Lipinski definition) is 4. The number of para-hydroxylation sites is 2. The Labute approximate surface area is 192 Å². The maximum absolute atomic E-state index is 13.2. The first kappa shape index (κ1) is 20.8. The van der Waals surface area contributed by atoms with Crippen molar-refractivity contribution in [1.29, 1.82) is 0 Å². The number of ether oxygens (including phenoxy) is 1. The average molecular weight is 444 g/mol. The minimum atomic E-state index is -0.0384. The van der Waals surface area contributed by atoms with Gasteiger partial charge < -0.3 is 14.2 Å². The number of aromatic nitrogens is 2. The summed E-state index contributed by atoms with van der Waals surface area (Å²) in [6.07, 6.45) is 0. The Bertz CT molecular complexity index is 1190. The molecule has 1 fully saturated rings. The fraction of sp³-hybridized carbons (Fsp3) is 0.231. The van der Waals surface area contributed by atoms with Crippen LogP contribution in [0.1, 0.15) is 16.6 Å². The highest BCUT2D eigenvalue weighted by Crippen LogP contribution is 2.41. The number of hydrogen-bond donors (Lipinski definition) is 0. The molecule has 1 saturated heterocycles. The van der Waals surface area contributed by atoms with Gasteiger partial charge in [0.15, 0.2) is 0 Å². The van der Waals surface area contributed by atoms with Gasteiger partial charge in [0.25, 0.3) is 0 Å². The molecule has 1 aliphatic rings. The Morgan fingerprint density at radius 2 is 1.56 bits per heavy atom. The van der Waals surface area contributed by atoms with Crippen LogP contribution in [-0.4, -0.2) is 46.7 Å². The number of carbonyl (C=O) groups is 1. The van der Waals surface area contributed by atoms with E-state index >= 15 is 0 Å². The largest absolute Gasteiger partial charge is 0.378 e. The molecule has 0 saturated carbocycles. The van der Waals surface area contributed by atoms with Crippen molar-refractivity contribution in [2.45, 2.75) is 16.7 Å². The fourth-order valence-corrected chi connectivity index (χ4v) is 5.21. The van der Waals surface area contributed by atoms with Crippen LogP contribution < -0.4 is 0 Å². The van der Waals surface area contributed by atoms with Crippen LogP contribution in [0.15, 0.2) is 89.8 Å². The van der Waals surface area contributed by atoms with Crippen LogP contribution in [0.25, 0.3) is 11.0 Å². The number of carbonyl (C=O) groups excluding carboxylic acids is 1. The molecular formula is C26H25N3O2S. The molecule has 2 heterocycles. The quantitative estimate of drug-likeness (QED) is 0.403. The van der Waals surface area contributed by atoms with E-state index in [1.807, 2.05) is 41.3 Å². The van der Waals surface area contributed by atoms with Gasteiger partial charge in [0.05, 0.1) is 29.5 Å². The topological polar surface area (TPSA) is 47.4 Å². The van der Waals surface area contributed by atoms with Crippen molar-refractivity contribution in [2.24, 2.45) is 0 Å². The van der Waals surface area contributed by atoms with Crippen LogP contribution in [-0.2, 0) is 16.1 Å². The second-order valence-corrected chi connectivity index (χ2v) is 8.94. The number of fused-ring (bicyclic) bond motifs is 1. The third kappa shape index (κ3) is 4.42. The lowest BCUT2D eigenvalue weighted by Crippen LogP contribution is -2.42. The van der Waals surface area contributed by atoms with Crippen LogP contribution in [0.3, 0.4) is 0 Å². The van der Waals surface area contributed by atoms with E-state index in [-0.39, 0.29) is 17.7 Å². The predicted octanol–water partition coefficient (Wildman–Crippen LogP) is 4.78. The lowest BCUT2D eigenvalue weighted by Gasteiger charge is -2.27. The Morgan fingerprint density at radius 3 is 2.31 bits per heavy atom. The minimum absolute atomic E-state index is 0.0384. The fourth-order valence-electron chi connectivity index (χ4n) is 4.04. The molecule has 5 rings (SSSR count). The number of morpholine rings is 1. The first-order valence-corrected chi connectivity index (χ1v) is 11.7.